The summed E-state index contributed by atoms with van der Waals surface area (Å²) in [4.78, 5) is 11.2. The van der Waals surface area contributed by atoms with Gasteiger partial charge in [0.1, 0.15) is 5.56 Å². The number of benzene rings is 1. The molecule has 2 rings (SSSR count). The first-order valence-electron chi connectivity index (χ1n) is 5.99. The smallest absolute Gasteiger partial charge is 0.339 e. The van der Waals surface area contributed by atoms with Gasteiger partial charge in [0.25, 0.3) is 0 Å². The Morgan fingerprint density at radius 2 is 2.11 bits per heavy atom. The topological polar surface area (TPSA) is 55.1 Å². The summed E-state index contributed by atoms with van der Waals surface area (Å²) in [5.41, 5.74) is 2.71. The second kappa shape index (κ2) is 5.05. The van der Waals surface area contributed by atoms with Crippen LogP contribution >= 0.6 is 11.6 Å². The predicted octanol–water partition coefficient (Wildman–Crippen LogP) is 3.66. The van der Waals surface area contributed by atoms with E-state index in [1.54, 1.807) is 16.8 Å². The van der Waals surface area contributed by atoms with Gasteiger partial charge in [0.05, 0.1) is 17.6 Å². The molecule has 0 spiro atoms. The van der Waals surface area contributed by atoms with Crippen LogP contribution in [0.5, 0.6) is 0 Å². The minimum Gasteiger partial charge on any atom is -0.478 e. The summed E-state index contributed by atoms with van der Waals surface area (Å²) in [5.74, 6) is -0.915. The van der Waals surface area contributed by atoms with Crippen molar-refractivity contribution in [3.05, 3.63) is 46.2 Å². The monoisotopic (exact) mass is 278 g/mol. The van der Waals surface area contributed by atoms with Crippen LogP contribution in [0.1, 0.15) is 41.4 Å². The van der Waals surface area contributed by atoms with Crippen LogP contribution in [-0.4, -0.2) is 20.9 Å². The number of aryl methyl sites for hydroxylation is 1. The summed E-state index contributed by atoms with van der Waals surface area (Å²) < 4.78 is 1.66. The Hall–Kier alpha value is -1.81. The Kier molecular flexibility index (Phi) is 3.62. The van der Waals surface area contributed by atoms with Gasteiger partial charge in [-0.25, -0.2) is 9.48 Å². The number of aromatic nitrogens is 2. The van der Waals surface area contributed by atoms with E-state index in [1.165, 1.54) is 6.20 Å². The second-order valence-electron chi connectivity index (χ2n) is 4.75. The number of hydrogen-bond acceptors (Lipinski definition) is 2. The van der Waals surface area contributed by atoms with Crippen molar-refractivity contribution in [2.45, 2.75) is 26.7 Å². The summed E-state index contributed by atoms with van der Waals surface area (Å²) in [6, 6.07) is 5.49. The quantitative estimate of drug-likeness (QED) is 0.932. The lowest BCUT2D eigenvalue weighted by Crippen LogP contribution is -2.09. The van der Waals surface area contributed by atoms with Gasteiger partial charge in [0.2, 0.25) is 0 Å². The Labute approximate surface area is 116 Å². The number of hydrogen-bond donors (Lipinski definition) is 1. The molecule has 0 saturated carbocycles. The minimum atomic E-state index is -0.963. The fourth-order valence-corrected chi connectivity index (χ4v) is 2.25. The van der Waals surface area contributed by atoms with Gasteiger partial charge >= 0.3 is 5.97 Å². The van der Waals surface area contributed by atoms with E-state index in [2.05, 4.69) is 5.10 Å². The van der Waals surface area contributed by atoms with Crippen molar-refractivity contribution in [2.75, 3.05) is 0 Å². The summed E-state index contributed by atoms with van der Waals surface area (Å²) in [6.45, 7) is 5.83. The van der Waals surface area contributed by atoms with Crippen molar-refractivity contribution in [1.29, 1.82) is 0 Å². The molecule has 0 bridgehead atoms. The second-order valence-corrected chi connectivity index (χ2v) is 5.18. The van der Waals surface area contributed by atoms with Gasteiger partial charge in [-0.15, -0.1) is 0 Å². The fourth-order valence-electron chi connectivity index (χ4n) is 2.08. The predicted molar refractivity (Wildman–Crippen MR) is 74.4 cm³/mol. The van der Waals surface area contributed by atoms with Crippen LogP contribution in [0.2, 0.25) is 5.02 Å². The molecule has 0 radical (unpaired) electrons. The molecule has 0 aliphatic carbocycles. The van der Waals surface area contributed by atoms with E-state index in [0.717, 1.165) is 11.3 Å². The maximum Gasteiger partial charge on any atom is 0.339 e. The van der Waals surface area contributed by atoms with Crippen molar-refractivity contribution in [3.63, 3.8) is 0 Å². The number of carbonyl (C=O) groups is 1. The van der Waals surface area contributed by atoms with E-state index in [1.807, 2.05) is 26.8 Å². The van der Waals surface area contributed by atoms with Gasteiger partial charge in [0.15, 0.2) is 0 Å². The average Bonchev–Trinajstić information content (AvgIpc) is 2.76. The van der Waals surface area contributed by atoms with Crippen LogP contribution in [-0.2, 0) is 0 Å². The molecule has 19 heavy (non-hydrogen) atoms. The summed E-state index contributed by atoms with van der Waals surface area (Å²) in [7, 11) is 0. The van der Waals surface area contributed by atoms with Gasteiger partial charge < -0.3 is 5.11 Å². The molecular weight excluding hydrogens is 264 g/mol. The van der Waals surface area contributed by atoms with Crippen molar-refractivity contribution in [2.24, 2.45) is 0 Å². The highest BCUT2D eigenvalue weighted by Crippen LogP contribution is 2.26. The van der Waals surface area contributed by atoms with Crippen molar-refractivity contribution in [1.82, 2.24) is 9.78 Å². The zero-order valence-corrected chi connectivity index (χ0v) is 11.8. The average molecular weight is 279 g/mol. The van der Waals surface area contributed by atoms with E-state index in [-0.39, 0.29) is 11.5 Å². The highest BCUT2D eigenvalue weighted by molar-refractivity contribution is 6.30. The van der Waals surface area contributed by atoms with Gasteiger partial charge in [0, 0.05) is 5.02 Å². The lowest BCUT2D eigenvalue weighted by molar-refractivity contribution is 0.0695. The van der Waals surface area contributed by atoms with E-state index in [4.69, 9.17) is 11.6 Å². The molecule has 1 aromatic heterocycles. The Balaban J connectivity index is 2.69. The molecule has 2 aromatic rings. The first-order valence-corrected chi connectivity index (χ1v) is 6.37. The molecule has 1 aromatic carbocycles. The third kappa shape index (κ3) is 2.49. The molecule has 0 fully saturated rings. The molecule has 5 heteroatoms. The standard InChI is InChI=1S/C14H15ClN2O2/c1-8(2)13-11(14(18)19)7-16-17(13)12-6-10(15)5-4-9(12)3/h4-8H,1-3H3,(H,18,19). The lowest BCUT2D eigenvalue weighted by atomic mass is 10.1. The first-order chi connectivity index (χ1) is 8.91. The molecule has 0 aliphatic rings. The zero-order valence-electron chi connectivity index (χ0n) is 11.0. The molecule has 0 saturated heterocycles. The van der Waals surface area contributed by atoms with Crippen molar-refractivity contribution >= 4 is 17.6 Å². The van der Waals surface area contributed by atoms with E-state index in [0.29, 0.717) is 10.7 Å². The van der Waals surface area contributed by atoms with Crippen molar-refractivity contribution < 1.29 is 9.90 Å². The fraction of sp³-hybridized carbons (Fsp3) is 0.286. The summed E-state index contributed by atoms with van der Waals surface area (Å²) in [5, 5.41) is 14.0. The zero-order chi connectivity index (χ0) is 14.2. The molecule has 1 N–H and O–H groups in total. The van der Waals surface area contributed by atoms with Crippen LogP contribution in [0, 0.1) is 6.92 Å². The summed E-state index contributed by atoms with van der Waals surface area (Å²) in [6.07, 6.45) is 1.39. The normalized spacial score (nSPS) is 11.0. The van der Waals surface area contributed by atoms with E-state index >= 15 is 0 Å². The van der Waals surface area contributed by atoms with E-state index < -0.39 is 5.97 Å². The van der Waals surface area contributed by atoms with Gasteiger partial charge in [-0.05, 0) is 30.5 Å². The number of aromatic carboxylic acids is 1. The lowest BCUT2D eigenvalue weighted by Gasteiger charge is -2.13. The largest absolute Gasteiger partial charge is 0.478 e. The molecule has 0 aliphatic heterocycles. The summed E-state index contributed by atoms with van der Waals surface area (Å²) >= 11 is 6.01. The van der Waals surface area contributed by atoms with Crippen LogP contribution in [0.15, 0.2) is 24.4 Å². The number of carboxylic acids is 1. The highest BCUT2D eigenvalue weighted by Gasteiger charge is 2.21. The molecule has 0 unspecified atom stereocenters. The minimum absolute atomic E-state index is 0.0481. The third-order valence-corrected chi connectivity index (χ3v) is 3.22. The number of carboxylic acid groups (broad SMARTS) is 1. The maximum absolute atomic E-state index is 11.2. The Morgan fingerprint density at radius 3 is 2.68 bits per heavy atom. The first kappa shape index (κ1) is 13.6. The Bertz CT molecular complexity index is 632. The van der Waals surface area contributed by atoms with Crippen LogP contribution < -0.4 is 0 Å². The molecule has 1 heterocycles. The van der Waals surface area contributed by atoms with E-state index in [9.17, 15) is 9.90 Å². The maximum atomic E-state index is 11.2. The number of rotatable bonds is 3. The molecular formula is C14H15ClN2O2. The van der Waals surface area contributed by atoms with Gasteiger partial charge in [-0.2, -0.15) is 5.10 Å². The van der Waals surface area contributed by atoms with Crippen LogP contribution in [0.25, 0.3) is 5.69 Å². The molecule has 4 nitrogen and oxygen atoms in total. The number of nitrogens with zero attached hydrogens (tertiary/aromatic N) is 2. The van der Waals surface area contributed by atoms with Gasteiger partial charge in [-0.3, -0.25) is 0 Å². The molecule has 100 valence electrons. The number of halogens is 1. The Morgan fingerprint density at radius 1 is 1.42 bits per heavy atom. The SMILES string of the molecule is Cc1ccc(Cl)cc1-n1ncc(C(=O)O)c1C(C)C. The molecule has 0 amide bonds. The highest BCUT2D eigenvalue weighted by atomic mass is 35.5. The third-order valence-electron chi connectivity index (χ3n) is 2.98. The van der Waals surface area contributed by atoms with Crippen LogP contribution in [0.3, 0.4) is 0 Å². The van der Waals surface area contributed by atoms with Crippen molar-refractivity contribution in [3.8, 4) is 5.69 Å². The molecule has 0 atom stereocenters. The van der Waals surface area contributed by atoms with Crippen LogP contribution in [0.4, 0.5) is 0 Å². The van der Waals surface area contributed by atoms with Gasteiger partial charge in [-0.1, -0.05) is 31.5 Å².